The average Bonchev–Trinajstić information content (AvgIpc) is 2.82. The second-order valence-corrected chi connectivity index (χ2v) is 7.06. The molecule has 0 spiro atoms. The van der Waals surface area contributed by atoms with Crippen molar-refractivity contribution in [2.24, 2.45) is 5.73 Å². The average molecular weight is 438 g/mol. The molecular formula is C23H26N4O5. The molecule has 0 aliphatic heterocycles. The second kappa shape index (κ2) is 10.5. The lowest BCUT2D eigenvalue weighted by Gasteiger charge is -2.16. The normalized spacial score (nSPS) is 10.6. The molecule has 3 rings (SSSR count). The van der Waals surface area contributed by atoms with Gasteiger partial charge in [-0.15, -0.1) is 0 Å². The molecule has 1 amide bonds. The van der Waals surface area contributed by atoms with E-state index in [0.29, 0.717) is 11.5 Å². The van der Waals surface area contributed by atoms with Crippen molar-refractivity contribution in [3.8, 4) is 11.5 Å². The molecule has 0 fully saturated rings. The van der Waals surface area contributed by atoms with Crippen LogP contribution in [0.1, 0.15) is 21.6 Å². The number of nitrogens with two attached hydrogens (primary N) is 1. The van der Waals surface area contributed by atoms with Gasteiger partial charge in [0.2, 0.25) is 0 Å². The van der Waals surface area contributed by atoms with Crippen molar-refractivity contribution >= 4 is 5.91 Å². The first-order valence-electron chi connectivity index (χ1n) is 10.1. The molecule has 0 aliphatic rings. The van der Waals surface area contributed by atoms with E-state index in [2.05, 4.69) is 5.32 Å². The van der Waals surface area contributed by atoms with Gasteiger partial charge in [-0.2, -0.15) is 0 Å². The number of nitrogens with one attached hydrogen (secondary N) is 1. The summed E-state index contributed by atoms with van der Waals surface area (Å²) in [5.74, 6) is 0.811. The summed E-state index contributed by atoms with van der Waals surface area (Å²) >= 11 is 0. The van der Waals surface area contributed by atoms with Crippen molar-refractivity contribution in [1.82, 2.24) is 14.5 Å². The van der Waals surface area contributed by atoms with Gasteiger partial charge in [-0.1, -0.05) is 24.3 Å². The van der Waals surface area contributed by atoms with E-state index in [-0.39, 0.29) is 31.9 Å². The summed E-state index contributed by atoms with van der Waals surface area (Å²) in [5.41, 5.74) is 5.83. The molecule has 0 aliphatic carbocycles. The fourth-order valence-electron chi connectivity index (χ4n) is 3.21. The zero-order valence-electron chi connectivity index (χ0n) is 18.0. The predicted molar refractivity (Wildman–Crippen MR) is 121 cm³/mol. The van der Waals surface area contributed by atoms with E-state index < -0.39 is 17.2 Å². The third-order valence-corrected chi connectivity index (χ3v) is 4.94. The number of hydrogen-bond donors (Lipinski definition) is 2. The van der Waals surface area contributed by atoms with Crippen LogP contribution in [0.5, 0.6) is 11.5 Å². The summed E-state index contributed by atoms with van der Waals surface area (Å²) in [5, 5.41) is 2.62. The Labute approximate surface area is 185 Å². The zero-order chi connectivity index (χ0) is 23.1. The highest BCUT2D eigenvalue weighted by molar-refractivity contribution is 5.92. The molecule has 0 atom stereocenters. The van der Waals surface area contributed by atoms with Gasteiger partial charge < -0.3 is 20.5 Å². The fraction of sp³-hybridized carbons (Fsp3) is 0.261. The van der Waals surface area contributed by atoms with Crippen molar-refractivity contribution in [1.29, 1.82) is 0 Å². The molecule has 168 valence electrons. The number of benzene rings is 2. The molecule has 1 heterocycles. The lowest BCUT2D eigenvalue weighted by Crippen LogP contribution is -2.44. The van der Waals surface area contributed by atoms with Gasteiger partial charge in [0.1, 0.15) is 17.2 Å². The third kappa shape index (κ3) is 5.25. The number of rotatable bonds is 9. The second-order valence-electron chi connectivity index (χ2n) is 7.06. The van der Waals surface area contributed by atoms with Gasteiger partial charge >= 0.3 is 5.69 Å². The Morgan fingerprint density at radius 1 is 0.875 bits per heavy atom. The van der Waals surface area contributed by atoms with Crippen LogP contribution in [0.3, 0.4) is 0 Å². The number of hydrogen-bond acceptors (Lipinski definition) is 6. The Kier molecular flexibility index (Phi) is 7.45. The van der Waals surface area contributed by atoms with Gasteiger partial charge in [0.05, 0.1) is 27.3 Å². The lowest BCUT2D eigenvalue weighted by molar-refractivity contribution is 0.0943. The van der Waals surface area contributed by atoms with Crippen molar-refractivity contribution in [2.45, 2.75) is 13.1 Å². The molecule has 3 aromatic rings. The molecule has 2 aromatic carbocycles. The number of nitrogens with zero attached hydrogens (tertiary/aromatic N) is 2. The molecule has 9 nitrogen and oxygen atoms in total. The minimum absolute atomic E-state index is 0.0183. The van der Waals surface area contributed by atoms with Gasteiger partial charge in [0.25, 0.3) is 11.5 Å². The number of aromatic nitrogens is 2. The van der Waals surface area contributed by atoms with Crippen LogP contribution < -0.4 is 31.8 Å². The Morgan fingerprint density at radius 2 is 1.38 bits per heavy atom. The summed E-state index contributed by atoms with van der Waals surface area (Å²) in [4.78, 5) is 38.7. The quantitative estimate of drug-likeness (QED) is 0.511. The van der Waals surface area contributed by atoms with E-state index in [1.54, 1.807) is 62.8 Å². The molecule has 1 aromatic heterocycles. The fourth-order valence-corrected chi connectivity index (χ4v) is 3.21. The van der Waals surface area contributed by atoms with Crippen LogP contribution in [0.15, 0.2) is 64.2 Å². The first-order chi connectivity index (χ1) is 15.5. The summed E-state index contributed by atoms with van der Waals surface area (Å²) in [6.45, 7) is 0.638. The van der Waals surface area contributed by atoms with Gasteiger partial charge in [-0.05, 0) is 35.4 Å². The summed E-state index contributed by atoms with van der Waals surface area (Å²) in [6.07, 6.45) is 0. The van der Waals surface area contributed by atoms with Crippen molar-refractivity contribution in [2.75, 3.05) is 27.3 Å². The van der Waals surface area contributed by atoms with Crippen LogP contribution in [-0.2, 0) is 13.1 Å². The highest BCUT2D eigenvalue weighted by atomic mass is 16.5. The van der Waals surface area contributed by atoms with E-state index in [1.165, 1.54) is 10.6 Å². The molecule has 0 saturated heterocycles. The number of ether oxygens (including phenoxy) is 2. The molecule has 3 N–H and O–H groups in total. The Balaban J connectivity index is 2.04. The van der Waals surface area contributed by atoms with Gasteiger partial charge in [0, 0.05) is 19.2 Å². The highest BCUT2D eigenvalue weighted by Gasteiger charge is 2.18. The van der Waals surface area contributed by atoms with Crippen LogP contribution in [0.4, 0.5) is 0 Å². The van der Waals surface area contributed by atoms with E-state index >= 15 is 0 Å². The Morgan fingerprint density at radius 3 is 1.84 bits per heavy atom. The maximum atomic E-state index is 13.3. The number of methoxy groups -OCH3 is 2. The van der Waals surface area contributed by atoms with Crippen LogP contribution in [0.2, 0.25) is 0 Å². The monoisotopic (exact) mass is 438 g/mol. The standard InChI is InChI=1S/C23H26N4O5/c1-31-18-7-3-16(4-8-18)14-26-20(22(29)25-12-11-24)13-21(28)27(23(26)30)15-17-5-9-19(32-2)10-6-17/h3-10,13H,11-12,14-15,24H2,1-2H3,(H,25,29). The minimum atomic E-state index is -0.581. The first-order valence-corrected chi connectivity index (χ1v) is 10.1. The van der Waals surface area contributed by atoms with E-state index in [0.717, 1.165) is 15.7 Å². The number of carbonyl (C=O) groups is 1. The first kappa shape index (κ1) is 22.8. The van der Waals surface area contributed by atoms with Crippen LogP contribution in [0.25, 0.3) is 0 Å². The van der Waals surface area contributed by atoms with Gasteiger partial charge in [0.15, 0.2) is 0 Å². The van der Waals surface area contributed by atoms with Crippen LogP contribution in [-0.4, -0.2) is 42.4 Å². The minimum Gasteiger partial charge on any atom is -0.497 e. The summed E-state index contributed by atoms with van der Waals surface area (Å²) in [6, 6.07) is 15.4. The largest absolute Gasteiger partial charge is 0.497 e. The zero-order valence-corrected chi connectivity index (χ0v) is 18.0. The van der Waals surface area contributed by atoms with Crippen molar-refractivity contribution < 1.29 is 14.3 Å². The molecule has 0 radical (unpaired) electrons. The van der Waals surface area contributed by atoms with Gasteiger partial charge in [-0.3, -0.25) is 18.7 Å². The molecule has 0 unspecified atom stereocenters. The summed E-state index contributed by atoms with van der Waals surface area (Å²) < 4.78 is 12.7. The smallest absolute Gasteiger partial charge is 0.332 e. The van der Waals surface area contributed by atoms with E-state index in [1.807, 2.05) is 0 Å². The van der Waals surface area contributed by atoms with Crippen molar-refractivity contribution in [3.05, 3.63) is 92.3 Å². The molecular weight excluding hydrogens is 412 g/mol. The third-order valence-electron chi connectivity index (χ3n) is 4.94. The predicted octanol–water partition coefficient (Wildman–Crippen LogP) is 0.812. The van der Waals surface area contributed by atoms with Gasteiger partial charge in [-0.25, -0.2) is 4.79 Å². The Bertz CT molecular complexity index is 1180. The maximum absolute atomic E-state index is 13.3. The van der Waals surface area contributed by atoms with Crippen LogP contribution >= 0.6 is 0 Å². The van der Waals surface area contributed by atoms with E-state index in [4.69, 9.17) is 15.2 Å². The van der Waals surface area contributed by atoms with Crippen molar-refractivity contribution in [3.63, 3.8) is 0 Å². The molecule has 32 heavy (non-hydrogen) atoms. The number of amides is 1. The maximum Gasteiger partial charge on any atom is 0.332 e. The molecule has 0 bridgehead atoms. The SMILES string of the molecule is COc1ccc(Cn2c(C(=O)NCCN)cc(=O)n(Cc3ccc(OC)cc3)c2=O)cc1. The van der Waals surface area contributed by atoms with E-state index in [9.17, 15) is 14.4 Å². The topological polar surface area (TPSA) is 118 Å². The molecule has 9 heteroatoms. The summed E-state index contributed by atoms with van der Waals surface area (Å²) in [7, 11) is 3.13. The highest BCUT2D eigenvalue weighted by Crippen LogP contribution is 2.13. The lowest BCUT2D eigenvalue weighted by atomic mass is 10.2. The van der Waals surface area contributed by atoms with Crippen LogP contribution in [0, 0.1) is 0 Å². The Hall–Kier alpha value is -3.85. The number of carbonyl (C=O) groups excluding carboxylic acids is 1. The molecule has 0 saturated carbocycles.